The highest BCUT2D eigenvalue weighted by Crippen LogP contribution is 2.12. The lowest BCUT2D eigenvalue weighted by Gasteiger charge is -2.04. The molecule has 6 heteroatoms. The van der Waals surface area contributed by atoms with Crippen LogP contribution in [0.25, 0.3) is 5.69 Å². The fourth-order valence-corrected chi connectivity index (χ4v) is 1.49. The molecule has 0 saturated carbocycles. The SMILES string of the molecule is CC(C#N)OC(=O)c1ccn(-c2cccc(N)c2)n1. The molecule has 2 N–H and O–H groups in total. The minimum absolute atomic E-state index is 0.143. The highest BCUT2D eigenvalue weighted by molar-refractivity contribution is 5.87. The fourth-order valence-electron chi connectivity index (χ4n) is 1.49. The molecule has 19 heavy (non-hydrogen) atoms. The lowest BCUT2D eigenvalue weighted by atomic mass is 10.3. The van der Waals surface area contributed by atoms with Crippen molar-refractivity contribution in [3.8, 4) is 11.8 Å². The first kappa shape index (κ1) is 12.6. The molecule has 0 saturated heterocycles. The minimum atomic E-state index is -0.801. The van der Waals surface area contributed by atoms with Crippen molar-refractivity contribution in [1.29, 1.82) is 5.26 Å². The summed E-state index contributed by atoms with van der Waals surface area (Å²) in [5.41, 5.74) is 7.17. The summed E-state index contributed by atoms with van der Waals surface area (Å²) >= 11 is 0. The molecule has 1 unspecified atom stereocenters. The third-order valence-corrected chi connectivity index (χ3v) is 2.40. The Hall–Kier alpha value is -2.81. The Kier molecular flexibility index (Phi) is 3.48. The Bertz CT molecular complexity index is 642. The first-order valence-electron chi connectivity index (χ1n) is 5.62. The fraction of sp³-hybridized carbons (Fsp3) is 0.154. The first-order valence-corrected chi connectivity index (χ1v) is 5.62. The summed E-state index contributed by atoms with van der Waals surface area (Å²) < 4.78 is 6.38. The Labute approximate surface area is 110 Å². The van der Waals surface area contributed by atoms with Gasteiger partial charge in [-0.1, -0.05) is 6.07 Å². The maximum Gasteiger partial charge on any atom is 0.360 e. The molecule has 0 fully saturated rings. The summed E-state index contributed by atoms with van der Waals surface area (Å²) in [6.07, 6.45) is 0.826. The third-order valence-electron chi connectivity index (χ3n) is 2.40. The van der Waals surface area contributed by atoms with Crippen LogP contribution in [-0.2, 0) is 4.74 Å². The summed E-state index contributed by atoms with van der Waals surface area (Å²) in [7, 11) is 0. The molecule has 0 radical (unpaired) electrons. The average Bonchev–Trinajstić information content (AvgIpc) is 2.88. The monoisotopic (exact) mass is 256 g/mol. The maximum atomic E-state index is 11.7. The van der Waals surface area contributed by atoms with Crippen molar-refractivity contribution < 1.29 is 9.53 Å². The van der Waals surface area contributed by atoms with E-state index < -0.39 is 12.1 Å². The molecule has 1 atom stereocenters. The van der Waals surface area contributed by atoms with Crippen LogP contribution in [0.15, 0.2) is 36.5 Å². The number of nitrogens with two attached hydrogens (primary N) is 1. The molecular formula is C13H12N4O2. The van der Waals surface area contributed by atoms with Gasteiger partial charge in [-0.15, -0.1) is 0 Å². The molecule has 6 nitrogen and oxygen atoms in total. The van der Waals surface area contributed by atoms with E-state index in [1.54, 1.807) is 24.4 Å². The second-order valence-corrected chi connectivity index (χ2v) is 3.92. The van der Waals surface area contributed by atoms with Gasteiger partial charge in [-0.05, 0) is 31.2 Å². The van der Waals surface area contributed by atoms with E-state index in [9.17, 15) is 4.79 Å². The molecule has 2 aromatic rings. The van der Waals surface area contributed by atoms with E-state index in [2.05, 4.69) is 5.10 Å². The number of rotatable bonds is 3. The zero-order valence-corrected chi connectivity index (χ0v) is 10.3. The quantitative estimate of drug-likeness (QED) is 0.663. The highest BCUT2D eigenvalue weighted by atomic mass is 16.5. The number of nitriles is 1. The molecule has 0 aliphatic carbocycles. The van der Waals surface area contributed by atoms with Crippen LogP contribution in [0.2, 0.25) is 0 Å². The Morgan fingerprint density at radius 2 is 2.32 bits per heavy atom. The molecular weight excluding hydrogens is 244 g/mol. The van der Waals surface area contributed by atoms with E-state index in [1.165, 1.54) is 17.7 Å². The highest BCUT2D eigenvalue weighted by Gasteiger charge is 2.14. The van der Waals surface area contributed by atoms with E-state index in [0.29, 0.717) is 5.69 Å². The normalized spacial score (nSPS) is 11.6. The number of carbonyl (C=O) groups excluding carboxylic acids is 1. The molecule has 0 amide bonds. The molecule has 1 heterocycles. The van der Waals surface area contributed by atoms with Crippen LogP contribution in [0.1, 0.15) is 17.4 Å². The van der Waals surface area contributed by atoms with Gasteiger partial charge < -0.3 is 10.5 Å². The van der Waals surface area contributed by atoms with Crippen molar-refractivity contribution >= 4 is 11.7 Å². The van der Waals surface area contributed by atoms with Crippen LogP contribution in [0, 0.1) is 11.3 Å². The lowest BCUT2D eigenvalue weighted by molar-refractivity contribution is 0.0428. The standard InChI is InChI=1S/C13H12N4O2/c1-9(8-14)19-13(18)12-5-6-17(16-12)11-4-2-3-10(15)7-11/h2-7,9H,15H2,1H3. The number of esters is 1. The molecule has 0 bridgehead atoms. The van der Waals surface area contributed by atoms with Crippen LogP contribution < -0.4 is 5.73 Å². The van der Waals surface area contributed by atoms with Gasteiger partial charge in [-0.3, -0.25) is 0 Å². The van der Waals surface area contributed by atoms with Gasteiger partial charge in [0, 0.05) is 11.9 Å². The van der Waals surface area contributed by atoms with Crippen molar-refractivity contribution in [3.05, 3.63) is 42.2 Å². The van der Waals surface area contributed by atoms with Crippen molar-refractivity contribution in [2.45, 2.75) is 13.0 Å². The number of ether oxygens (including phenoxy) is 1. The van der Waals surface area contributed by atoms with Crippen molar-refractivity contribution in [2.24, 2.45) is 0 Å². The second kappa shape index (κ2) is 5.23. The smallest absolute Gasteiger partial charge is 0.360 e. The predicted octanol–water partition coefficient (Wildman–Crippen LogP) is 1.52. The number of benzene rings is 1. The molecule has 0 aliphatic rings. The van der Waals surface area contributed by atoms with Gasteiger partial charge in [0.25, 0.3) is 0 Å². The van der Waals surface area contributed by atoms with Crippen LogP contribution in [-0.4, -0.2) is 21.9 Å². The van der Waals surface area contributed by atoms with Crippen molar-refractivity contribution in [1.82, 2.24) is 9.78 Å². The molecule has 96 valence electrons. The molecule has 2 rings (SSSR count). The van der Waals surface area contributed by atoms with E-state index in [-0.39, 0.29) is 5.69 Å². The van der Waals surface area contributed by atoms with Gasteiger partial charge in [-0.25, -0.2) is 9.48 Å². The van der Waals surface area contributed by atoms with Crippen LogP contribution in [0.3, 0.4) is 0 Å². The number of nitrogen functional groups attached to an aromatic ring is 1. The average molecular weight is 256 g/mol. The van der Waals surface area contributed by atoms with Gasteiger partial charge in [0.05, 0.1) is 5.69 Å². The number of anilines is 1. The van der Waals surface area contributed by atoms with Gasteiger partial charge in [0.2, 0.25) is 0 Å². The van der Waals surface area contributed by atoms with E-state index in [4.69, 9.17) is 15.7 Å². The lowest BCUT2D eigenvalue weighted by Crippen LogP contribution is -2.14. The van der Waals surface area contributed by atoms with E-state index in [1.807, 2.05) is 12.1 Å². The summed E-state index contributed by atoms with van der Waals surface area (Å²) in [5, 5.41) is 12.7. The van der Waals surface area contributed by atoms with Crippen LogP contribution in [0.5, 0.6) is 0 Å². The summed E-state index contributed by atoms with van der Waals surface area (Å²) in [6.45, 7) is 1.49. The van der Waals surface area contributed by atoms with E-state index >= 15 is 0 Å². The van der Waals surface area contributed by atoms with Crippen LogP contribution >= 0.6 is 0 Å². The summed E-state index contributed by atoms with van der Waals surface area (Å²) in [6, 6.07) is 10.4. The topological polar surface area (TPSA) is 93.9 Å². The number of nitrogens with zero attached hydrogens (tertiary/aromatic N) is 3. The van der Waals surface area contributed by atoms with E-state index in [0.717, 1.165) is 5.69 Å². The molecule has 0 spiro atoms. The maximum absolute atomic E-state index is 11.7. The van der Waals surface area contributed by atoms with Crippen molar-refractivity contribution in [2.75, 3.05) is 5.73 Å². The largest absolute Gasteiger partial charge is 0.442 e. The first-order chi connectivity index (χ1) is 9.10. The molecule has 1 aromatic carbocycles. The summed E-state index contributed by atoms with van der Waals surface area (Å²) in [5.74, 6) is -0.628. The molecule has 1 aromatic heterocycles. The van der Waals surface area contributed by atoms with Crippen molar-refractivity contribution in [3.63, 3.8) is 0 Å². The zero-order chi connectivity index (χ0) is 13.8. The number of carbonyl (C=O) groups is 1. The molecule has 0 aliphatic heterocycles. The number of hydrogen-bond donors (Lipinski definition) is 1. The Morgan fingerprint density at radius 3 is 3.00 bits per heavy atom. The Balaban J connectivity index is 2.20. The Morgan fingerprint density at radius 1 is 1.53 bits per heavy atom. The van der Waals surface area contributed by atoms with Gasteiger partial charge in [-0.2, -0.15) is 10.4 Å². The predicted molar refractivity (Wildman–Crippen MR) is 68.5 cm³/mol. The van der Waals surface area contributed by atoms with Gasteiger partial charge in [0.1, 0.15) is 6.07 Å². The minimum Gasteiger partial charge on any atom is -0.442 e. The number of hydrogen-bond acceptors (Lipinski definition) is 5. The van der Waals surface area contributed by atoms with Gasteiger partial charge in [0.15, 0.2) is 11.8 Å². The van der Waals surface area contributed by atoms with Gasteiger partial charge >= 0.3 is 5.97 Å². The third kappa shape index (κ3) is 2.90. The number of aromatic nitrogens is 2. The summed E-state index contributed by atoms with van der Waals surface area (Å²) in [4.78, 5) is 11.7. The second-order valence-electron chi connectivity index (χ2n) is 3.92. The van der Waals surface area contributed by atoms with Crippen LogP contribution in [0.4, 0.5) is 5.69 Å². The zero-order valence-electron chi connectivity index (χ0n) is 10.3.